The Bertz CT molecular complexity index is 681. The van der Waals surface area contributed by atoms with Crippen LogP contribution in [0.5, 0.6) is 0 Å². The summed E-state index contributed by atoms with van der Waals surface area (Å²) < 4.78 is 8.35. The predicted octanol–water partition coefficient (Wildman–Crippen LogP) is 5.33. The molecule has 0 radical (unpaired) electrons. The maximum atomic E-state index is 7.16. The lowest BCUT2D eigenvalue weighted by molar-refractivity contribution is 0.208. The Balaban J connectivity index is 2.09. The molecule has 2 atom stereocenters. The highest BCUT2D eigenvalue weighted by Crippen LogP contribution is 2.38. The standard InChI is InChI=1S/C23H29IOSi/c1-23(2,3)26(21-10-6-4-7-11-21,22-12-8-5-9-13-22)25-20-16-14-19(18-24)15-17-20/h4-14,16,19-20H,15,17-18H2,1-3H3/t19-,20+/m0/s1. The molecule has 0 spiro atoms. The summed E-state index contributed by atoms with van der Waals surface area (Å²) in [5.74, 6) is 0.703. The molecule has 2 aromatic carbocycles. The van der Waals surface area contributed by atoms with Gasteiger partial charge < -0.3 is 4.43 Å². The van der Waals surface area contributed by atoms with E-state index in [1.54, 1.807) is 0 Å². The van der Waals surface area contributed by atoms with Crippen molar-refractivity contribution in [3.63, 3.8) is 0 Å². The number of hydrogen-bond acceptors (Lipinski definition) is 1. The fourth-order valence-corrected chi connectivity index (χ4v) is 9.40. The van der Waals surface area contributed by atoms with Crippen molar-refractivity contribution in [1.29, 1.82) is 0 Å². The first-order chi connectivity index (χ1) is 12.5. The molecular weight excluding hydrogens is 447 g/mol. The summed E-state index contributed by atoms with van der Waals surface area (Å²) in [6.07, 6.45) is 7.25. The summed E-state index contributed by atoms with van der Waals surface area (Å²) in [5.41, 5.74) is 0. The molecule has 26 heavy (non-hydrogen) atoms. The van der Waals surface area contributed by atoms with Crippen molar-refractivity contribution in [2.45, 2.75) is 44.8 Å². The summed E-state index contributed by atoms with van der Waals surface area (Å²) in [6, 6.07) is 21.9. The summed E-state index contributed by atoms with van der Waals surface area (Å²) in [4.78, 5) is 0. The van der Waals surface area contributed by atoms with Gasteiger partial charge in [0, 0.05) is 4.43 Å². The molecule has 1 aliphatic rings. The van der Waals surface area contributed by atoms with Crippen molar-refractivity contribution < 1.29 is 4.43 Å². The van der Waals surface area contributed by atoms with E-state index in [4.69, 9.17) is 4.43 Å². The van der Waals surface area contributed by atoms with Crippen molar-refractivity contribution in [2.24, 2.45) is 5.92 Å². The van der Waals surface area contributed by atoms with E-state index in [1.807, 2.05) is 0 Å². The van der Waals surface area contributed by atoms with E-state index in [1.165, 1.54) is 21.2 Å². The lowest BCUT2D eigenvalue weighted by Gasteiger charge is -2.45. The van der Waals surface area contributed by atoms with Crippen LogP contribution in [0.2, 0.25) is 5.04 Å². The summed E-state index contributed by atoms with van der Waals surface area (Å²) in [5, 5.41) is 2.77. The average molecular weight is 476 g/mol. The van der Waals surface area contributed by atoms with E-state index < -0.39 is 8.32 Å². The topological polar surface area (TPSA) is 9.23 Å². The van der Waals surface area contributed by atoms with Crippen molar-refractivity contribution >= 4 is 41.3 Å². The lowest BCUT2D eigenvalue weighted by atomic mass is 9.96. The first-order valence-corrected chi connectivity index (χ1v) is 12.9. The van der Waals surface area contributed by atoms with Gasteiger partial charge in [-0.3, -0.25) is 0 Å². The van der Waals surface area contributed by atoms with E-state index in [0.717, 1.165) is 6.42 Å². The smallest absolute Gasteiger partial charge is 0.261 e. The highest BCUT2D eigenvalue weighted by Gasteiger charge is 2.51. The monoisotopic (exact) mass is 476 g/mol. The van der Waals surface area contributed by atoms with Gasteiger partial charge in [-0.15, -0.1) is 0 Å². The van der Waals surface area contributed by atoms with Crippen LogP contribution in [0.3, 0.4) is 0 Å². The van der Waals surface area contributed by atoms with Gasteiger partial charge in [0.25, 0.3) is 8.32 Å². The Kier molecular flexibility index (Phi) is 6.41. The molecular formula is C23H29IOSi. The van der Waals surface area contributed by atoms with Gasteiger partial charge in [0.1, 0.15) is 0 Å². The van der Waals surface area contributed by atoms with Gasteiger partial charge in [0.05, 0.1) is 6.10 Å². The number of alkyl halides is 1. The first-order valence-electron chi connectivity index (χ1n) is 9.50. The number of hydrogen-bond donors (Lipinski definition) is 0. The van der Waals surface area contributed by atoms with Gasteiger partial charge in [-0.2, -0.15) is 0 Å². The molecule has 0 saturated heterocycles. The quantitative estimate of drug-likeness (QED) is 0.245. The minimum Gasteiger partial charge on any atom is -0.401 e. The minimum absolute atomic E-state index is 0.0453. The van der Waals surface area contributed by atoms with Crippen LogP contribution in [-0.2, 0) is 4.43 Å². The molecule has 0 amide bonds. The van der Waals surface area contributed by atoms with Crippen LogP contribution in [0, 0.1) is 5.92 Å². The van der Waals surface area contributed by atoms with Crippen molar-refractivity contribution in [2.75, 3.05) is 4.43 Å². The largest absolute Gasteiger partial charge is 0.401 e. The molecule has 3 rings (SSSR count). The Labute approximate surface area is 173 Å². The number of rotatable bonds is 5. The average Bonchev–Trinajstić information content (AvgIpc) is 2.67. The van der Waals surface area contributed by atoms with Gasteiger partial charge in [0.15, 0.2) is 0 Å². The minimum atomic E-state index is -2.42. The molecule has 2 aromatic rings. The predicted molar refractivity (Wildman–Crippen MR) is 123 cm³/mol. The third-order valence-corrected chi connectivity index (χ3v) is 11.6. The highest BCUT2D eigenvalue weighted by atomic mass is 127. The zero-order chi connectivity index (χ0) is 18.6. The second kappa shape index (κ2) is 8.40. The Morgan fingerprint density at radius 3 is 1.81 bits per heavy atom. The molecule has 0 heterocycles. The van der Waals surface area contributed by atoms with Crippen LogP contribution < -0.4 is 10.4 Å². The highest BCUT2D eigenvalue weighted by molar-refractivity contribution is 14.1. The lowest BCUT2D eigenvalue weighted by Crippen LogP contribution is -2.67. The molecule has 0 aromatic heterocycles. The van der Waals surface area contributed by atoms with E-state index in [-0.39, 0.29) is 11.1 Å². The van der Waals surface area contributed by atoms with E-state index >= 15 is 0 Å². The van der Waals surface area contributed by atoms with E-state index in [9.17, 15) is 0 Å². The van der Waals surface area contributed by atoms with Crippen LogP contribution in [0.1, 0.15) is 33.6 Å². The summed E-state index contributed by atoms with van der Waals surface area (Å²) in [7, 11) is -2.42. The SMILES string of the molecule is CC(C)(C)[Si](O[C@@H]1C=C[C@H](CI)CC1)(c1ccccc1)c1ccccc1. The third-order valence-electron chi connectivity index (χ3n) is 5.36. The van der Waals surface area contributed by atoms with Gasteiger partial charge in [-0.1, -0.05) is 116 Å². The van der Waals surface area contributed by atoms with E-state index in [2.05, 4.69) is 116 Å². The van der Waals surface area contributed by atoms with Crippen LogP contribution in [-0.4, -0.2) is 18.8 Å². The van der Waals surface area contributed by atoms with E-state index in [0.29, 0.717) is 5.92 Å². The van der Waals surface area contributed by atoms with Gasteiger partial charge in [-0.05, 0) is 34.2 Å². The Morgan fingerprint density at radius 1 is 0.885 bits per heavy atom. The van der Waals surface area contributed by atoms with Crippen molar-refractivity contribution in [3.8, 4) is 0 Å². The zero-order valence-electron chi connectivity index (χ0n) is 16.0. The molecule has 0 N–H and O–H groups in total. The molecule has 0 fully saturated rings. The Morgan fingerprint density at radius 2 is 1.42 bits per heavy atom. The van der Waals surface area contributed by atoms with Gasteiger partial charge in [-0.25, -0.2) is 0 Å². The van der Waals surface area contributed by atoms with Crippen LogP contribution in [0.15, 0.2) is 72.8 Å². The maximum Gasteiger partial charge on any atom is 0.261 e. The molecule has 0 aliphatic heterocycles. The molecule has 0 unspecified atom stereocenters. The molecule has 138 valence electrons. The molecule has 1 aliphatic carbocycles. The summed E-state index contributed by atoms with van der Waals surface area (Å²) in [6.45, 7) is 7.04. The van der Waals surface area contributed by atoms with Crippen molar-refractivity contribution in [1.82, 2.24) is 0 Å². The van der Waals surface area contributed by atoms with Crippen LogP contribution in [0.25, 0.3) is 0 Å². The molecule has 3 heteroatoms. The molecule has 1 nitrogen and oxygen atoms in total. The molecule has 0 saturated carbocycles. The Hall–Kier alpha value is -0.913. The van der Waals surface area contributed by atoms with Gasteiger partial charge >= 0.3 is 0 Å². The second-order valence-corrected chi connectivity index (χ2v) is 13.3. The summed E-state index contributed by atoms with van der Waals surface area (Å²) >= 11 is 2.49. The van der Waals surface area contributed by atoms with Crippen molar-refractivity contribution in [3.05, 3.63) is 72.8 Å². The second-order valence-electron chi connectivity index (χ2n) is 8.20. The fraction of sp³-hybridized carbons (Fsp3) is 0.391. The third kappa shape index (κ3) is 4.00. The van der Waals surface area contributed by atoms with Crippen LogP contribution in [0.4, 0.5) is 0 Å². The van der Waals surface area contributed by atoms with Crippen LogP contribution >= 0.6 is 22.6 Å². The number of allylic oxidation sites excluding steroid dienone is 1. The fourth-order valence-electron chi connectivity index (χ4n) is 4.00. The molecule has 0 bridgehead atoms. The number of halogens is 1. The zero-order valence-corrected chi connectivity index (χ0v) is 19.1. The maximum absolute atomic E-state index is 7.16. The van der Waals surface area contributed by atoms with Gasteiger partial charge in [0.2, 0.25) is 0 Å². The number of benzene rings is 2. The first kappa shape index (κ1) is 19.8. The normalized spacial score (nSPS) is 20.9.